The molecule has 0 aromatic heterocycles. The molecule has 0 fully saturated rings. The number of carbonyl (C=O) groups is 3. The monoisotopic (exact) mass is 628 g/mol. The van der Waals surface area contributed by atoms with E-state index in [1.165, 1.54) is 50.7 Å². The maximum Gasteiger partial charge on any atom is 1.00 e. The molecule has 0 amide bonds. The van der Waals surface area contributed by atoms with Crippen molar-refractivity contribution in [2.75, 3.05) is 6.61 Å². The van der Waals surface area contributed by atoms with Crippen molar-refractivity contribution in [1.29, 1.82) is 0 Å². The number of rotatable bonds is 17. The van der Waals surface area contributed by atoms with Crippen LogP contribution in [0.25, 0.3) is 0 Å². The molecule has 0 unspecified atom stereocenters. The fourth-order valence-electron chi connectivity index (χ4n) is 3.63. The third-order valence-electron chi connectivity index (χ3n) is 5.78. The smallest absolute Gasteiger partial charge is 0.545 e. The minimum Gasteiger partial charge on any atom is -0.545 e. The van der Waals surface area contributed by atoms with Gasteiger partial charge >= 0.3 is 86.9 Å². The van der Waals surface area contributed by atoms with Crippen LogP contribution in [0.3, 0.4) is 0 Å². The van der Waals surface area contributed by atoms with Crippen LogP contribution in [0.5, 0.6) is 0 Å². The predicted molar refractivity (Wildman–Crippen MR) is 149 cm³/mol. The third-order valence-corrected chi connectivity index (χ3v) is 5.78. The zero-order valence-electron chi connectivity index (χ0n) is 25.9. The second-order valence-corrected chi connectivity index (χ2v) is 9.01. The van der Waals surface area contributed by atoms with Crippen molar-refractivity contribution in [1.82, 2.24) is 0 Å². The molecule has 2 atom stereocenters. The van der Waals surface area contributed by atoms with E-state index in [1.807, 2.05) is 0 Å². The molecule has 0 bridgehead atoms. The van der Waals surface area contributed by atoms with Crippen LogP contribution in [-0.2, 0) is 19.1 Å². The third kappa shape index (κ3) is 23.7. The van der Waals surface area contributed by atoms with Gasteiger partial charge in [-0.2, -0.15) is 0 Å². The standard InChI is InChI=1S/C18H32O6.2C6H8O2.K.Na/c1-2-3-4-5-6-7-8-9-10-11-12-18(14(20)13-19)16(22)15(21)17(23)24-18;2*1-2-3-4-5-6(7)8;;/h14,19-22H,2-13H2,1H3;2*2-5H,1H3,(H,7,8);;/q;;;2*+1/p-2/t14-,18+;;;;/m0..../s1. The predicted octanol–water partition coefficient (Wildman–Crippen LogP) is -2.98. The number of aliphatic hydroxyl groups excluding tert-OH is 4. The molecular weight excluding hydrogens is 582 g/mol. The first-order chi connectivity index (χ1) is 19.0. The van der Waals surface area contributed by atoms with Gasteiger partial charge in [-0.05, 0) is 38.8 Å². The summed E-state index contributed by atoms with van der Waals surface area (Å²) in [5, 5.41) is 57.8. The van der Waals surface area contributed by atoms with Crippen molar-refractivity contribution in [3.05, 3.63) is 60.1 Å². The maximum absolute atomic E-state index is 11.4. The summed E-state index contributed by atoms with van der Waals surface area (Å²) in [6, 6.07) is 0. The fourth-order valence-corrected chi connectivity index (χ4v) is 3.63. The van der Waals surface area contributed by atoms with Crippen molar-refractivity contribution in [3.63, 3.8) is 0 Å². The average molecular weight is 629 g/mol. The van der Waals surface area contributed by atoms with Gasteiger partial charge in [0.2, 0.25) is 11.4 Å². The quantitative estimate of drug-likeness (QED) is 0.0426. The van der Waals surface area contributed by atoms with E-state index in [1.54, 1.807) is 38.2 Å². The number of hydrogen-bond donors (Lipinski definition) is 4. The Bertz CT molecular complexity index is 851. The molecule has 10 nitrogen and oxygen atoms in total. The summed E-state index contributed by atoms with van der Waals surface area (Å²) in [6.45, 7) is 5.15. The maximum atomic E-state index is 11.4. The molecule has 1 aliphatic rings. The van der Waals surface area contributed by atoms with E-state index in [4.69, 9.17) is 9.84 Å². The molecule has 0 spiro atoms. The van der Waals surface area contributed by atoms with Gasteiger partial charge in [0, 0.05) is 0 Å². The molecule has 0 saturated carbocycles. The number of allylic oxidation sites excluding steroid dienone is 6. The number of cyclic esters (lactones) is 1. The Labute approximate surface area is 315 Å². The molecule has 12 heteroatoms. The van der Waals surface area contributed by atoms with Crippen molar-refractivity contribution in [2.24, 2.45) is 0 Å². The minimum absolute atomic E-state index is 0. The number of carboxylic acids is 2. The Morgan fingerprint density at radius 1 is 0.833 bits per heavy atom. The molecule has 0 saturated heterocycles. The Kier molecular flexibility index (Phi) is 36.3. The molecule has 0 aliphatic carbocycles. The van der Waals surface area contributed by atoms with Crippen LogP contribution >= 0.6 is 0 Å². The van der Waals surface area contributed by atoms with Crippen LogP contribution in [0.4, 0.5) is 0 Å². The van der Waals surface area contributed by atoms with Gasteiger partial charge in [-0.3, -0.25) is 0 Å². The molecule has 228 valence electrons. The van der Waals surface area contributed by atoms with Crippen molar-refractivity contribution in [3.8, 4) is 0 Å². The number of aliphatic carboxylic acids is 2. The Morgan fingerprint density at radius 2 is 1.24 bits per heavy atom. The number of carboxylic acid groups (broad SMARTS) is 2. The van der Waals surface area contributed by atoms with Crippen molar-refractivity contribution in [2.45, 2.75) is 103 Å². The van der Waals surface area contributed by atoms with Crippen LogP contribution in [-0.4, -0.2) is 56.6 Å². The van der Waals surface area contributed by atoms with Gasteiger partial charge in [-0.15, -0.1) is 0 Å². The molecule has 1 rings (SSSR count). The van der Waals surface area contributed by atoms with Crippen LogP contribution in [0.2, 0.25) is 0 Å². The van der Waals surface area contributed by atoms with E-state index in [-0.39, 0.29) is 87.4 Å². The summed E-state index contributed by atoms with van der Waals surface area (Å²) < 4.78 is 4.99. The van der Waals surface area contributed by atoms with Gasteiger partial charge < -0.3 is 45.0 Å². The second-order valence-electron chi connectivity index (χ2n) is 9.01. The van der Waals surface area contributed by atoms with Crippen LogP contribution in [0.1, 0.15) is 91.4 Å². The number of ether oxygens (including phenoxy) is 1. The molecule has 42 heavy (non-hydrogen) atoms. The first-order valence-corrected chi connectivity index (χ1v) is 13.7. The van der Waals surface area contributed by atoms with Crippen molar-refractivity contribution < 1.29 is 131 Å². The van der Waals surface area contributed by atoms with Gasteiger partial charge in [-0.25, -0.2) is 4.79 Å². The van der Waals surface area contributed by atoms with E-state index < -0.39 is 47.7 Å². The summed E-state index contributed by atoms with van der Waals surface area (Å²) in [5.41, 5.74) is -1.71. The summed E-state index contributed by atoms with van der Waals surface area (Å²) in [7, 11) is 0. The normalized spacial score (nSPS) is 16.8. The summed E-state index contributed by atoms with van der Waals surface area (Å²) in [4.78, 5) is 30.7. The molecule has 1 aliphatic heterocycles. The number of hydrogen-bond acceptors (Lipinski definition) is 10. The number of esters is 1. The van der Waals surface area contributed by atoms with Gasteiger partial charge in [0.25, 0.3) is 0 Å². The Morgan fingerprint density at radius 3 is 1.55 bits per heavy atom. The molecule has 0 aromatic carbocycles. The van der Waals surface area contributed by atoms with Crippen LogP contribution < -0.4 is 91.2 Å². The van der Waals surface area contributed by atoms with E-state index in [2.05, 4.69) is 6.92 Å². The number of carbonyl (C=O) groups excluding carboxylic acids is 3. The van der Waals surface area contributed by atoms with Crippen LogP contribution in [0.15, 0.2) is 60.1 Å². The molecule has 0 radical (unpaired) electrons. The first kappa shape index (κ1) is 48.2. The minimum atomic E-state index is -1.71. The fraction of sp³-hybridized carbons (Fsp3) is 0.567. The van der Waals surface area contributed by atoms with Gasteiger partial charge in [0.05, 0.1) is 18.5 Å². The Balaban J connectivity index is -0.000000332. The van der Waals surface area contributed by atoms with E-state index in [0.29, 0.717) is 6.42 Å². The van der Waals surface area contributed by atoms with E-state index in [9.17, 15) is 39.9 Å². The van der Waals surface area contributed by atoms with Gasteiger partial charge in [0.15, 0.2) is 5.76 Å². The van der Waals surface area contributed by atoms with Crippen LogP contribution in [0, 0.1) is 0 Å². The number of unbranched alkanes of at least 4 members (excludes halogenated alkanes) is 9. The Hall–Kier alpha value is -0.734. The van der Waals surface area contributed by atoms with E-state index >= 15 is 0 Å². The van der Waals surface area contributed by atoms with Gasteiger partial charge in [0.1, 0.15) is 6.10 Å². The number of aliphatic hydroxyl groups is 4. The second kappa shape index (κ2) is 31.7. The van der Waals surface area contributed by atoms with Gasteiger partial charge in [-0.1, -0.05) is 101 Å². The molecular formula is C30H46KNaO10. The zero-order valence-corrected chi connectivity index (χ0v) is 31.0. The summed E-state index contributed by atoms with van der Waals surface area (Å²) in [6.07, 6.45) is 21.5. The largest absolute Gasteiger partial charge is 1.00 e. The SMILES string of the molecule is CC=CC=CC(=O)[O-].CC=CC=CC(=O)[O-].CCCCCCCCCCCC[C@]1([C@@H](O)CO)OC(=O)C(O)=C1O.[K+].[Na+]. The summed E-state index contributed by atoms with van der Waals surface area (Å²) >= 11 is 0. The summed E-state index contributed by atoms with van der Waals surface area (Å²) in [5.74, 6) is -4.95. The molecule has 1 heterocycles. The van der Waals surface area contributed by atoms with Crippen molar-refractivity contribution >= 4 is 17.9 Å². The molecule has 0 aromatic rings. The first-order valence-electron chi connectivity index (χ1n) is 13.7. The molecule has 4 N–H and O–H groups in total. The average Bonchev–Trinajstić information content (AvgIpc) is 3.14. The zero-order chi connectivity index (χ0) is 30.8. The topological polar surface area (TPSA) is 187 Å². The van der Waals surface area contributed by atoms with E-state index in [0.717, 1.165) is 31.4 Å².